The van der Waals surface area contributed by atoms with Crippen LogP contribution >= 0.6 is 0 Å². The first-order valence-corrected chi connectivity index (χ1v) is 7.00. The van der Waals surface area contributed by atoms with E-state index in [0.717, 1.165) is 17.7 Å². The van der Waals surface area contributed by atoms with Crippen LogP contribution in [-0.2, 0) is 23.1 Å². The molecule has 88 valence electrons. The first kappa shape index (κ1) is 11.5. The number of sulfonamides is 1. The van der Waals surface area contributed by atoms with Crippen LogP contribution in [0.3, 0.4) is 0 Å². The first-order valence-electron chi connectivity index (χ1n) is 5.39. The highest BCUT2D eigenvalue weighted by Gasteiger charge is 2.29. The van der Waals surface area contributed by atoms with E-state index in [-0.39, 0.29) is 5.75 Å². The molecule has 1 aromatic rings. The van der Waals surface area contributed by atoms with E-state index in [9.17, 15) is 8.42 Å². The Hall–Kier alpha value is -1.01. The molecule has 0 spiro atoms. The maximum Gasteiger partial charge on any atom is 0.214 e. The van der Waals surface area contributed by atoms with Crippen LogP contribution in [0.25, 0.3) is 0 Å². The summed E-state index contributed by atoms with van der Waals surface area (Å²) in [6, 6.07) is 0. The van der Waals surface area contributed by atoms with Gasteiger partial charge in [0, 0.05) is 18.3 Å². The molecule has 16 heavy (non-hydrogen) atoms. The van der Waals surface area contributed by atoms with Crippen molar-refractivity contribution >= 4 is 10.0 Å². The Morgan fingerprint density at radius 1 is 1.44 bits per heavy atom. The van der Waals surface area contributed by atoms with Gasteiger partial charge >= 0.3 is 0 Å². The van der Waals surface area contributed by atoms with E-state index in [4.69, 9.17) is 0 Å². The minimum Gasteiger partial charge on any atom is -0.244 e. The van der Waals surface area contributed by atoms with Crippen molar-refractivity contribution < 1.29 is 8.42 Å². The first-order chi connectivity index (χ1) is 7.63. The van der Waals surface area contributed by atoms with Crippen LogP contribution in [0.5, 0.6) is 0 Å². The normalized spacial score (nSPS) is 16.3. The fraction of sp³-hybridized carbons (Fsp3) is 0.600. The third-order valence-electron chi connectivity index (χ3n) is 2.70. The summed E-state index contributed by atoms with van der Waals surface area (Å²) < 4.78 is 25.4. The molecule has 0 saturated heterocycles. The van der Waals surface area contributed by atoms with E-state index < -0.39 is 10.0 Å². The van der Waals surface area contributed by atoms with Gasteiger partial charge in [0.05, 0.1) is 18.0 Å². The third kappa shape index (κ3) is 2.22. The Bertz CT molecular complexity index is 448. The second-order valence-corrected chi connectivity index (χ2v) is 6.02. The highest BCUT2D eigenvalue weighted by atomic mass is 32.2. The van der Waals surface area contributed by atoms with Crippen molar-refractivity contribution in [3.63, 3.8) is 0 Å². The van der Waals surface area contributed by atoms with Gasteiger partial charge in [-0.25, -0.2) is 18.4 Å². The predicted octanol–water partition coefficient (Wildman–Crippen LogP) is 0.922. The van der Waals surface area contributed by atoms with Gasteiger partial charge in [-0.3, -0.25) is 0 Å². The molecule has 0 radical (unpaired) electrons. The lowest BCUT2D eigenvalue weighted by molar-refractivity contribution is 0.428. The van der Waals surface area contributed by atoms with Gasteiger partial charge in [0.25, 0.3) is 0 Å². The maximum atomic E-state index is 11.9. The van der Waals surface area contributed by atoms with Crippen LogP contribution in [0.4, 0.5) is 0 Å². The molecule has 2 heterocycles. The van der Waals surface area contributed by atoms with Crippen LogP contribution in [-0.4, -0.2) is 28.4 Å². The number of hydrogen-bond acceptors (Lipinski definition) is 4. The zero-order valence-electron chi connectivity index (χ0n) is 9.26. The van der Waals surface area contributed by atoms with Crippen molar-refractivity contribution in [2.24, 2.45) is 0 Å². The number of fused-ring (bicyclic) bond motifs is 1. The molecule has 6 heteroatoms. The number of aromatic nitrogens is 2. The molecule has 0 fully saturated rings. The molecule has 0 unspecified atom stereocenters. The Morgan fingerprint density at radius 3 is 2.94 bits per heavy atom. The smallest absolute Gasteiger partial charge is 0.214 e. The summed E-state index contributed by atoms with van der Waals surface area (Å²) in [4.78, 5) is 7.99. The summed E-state index contributed by atoms with van der Waals surface area (Å²) in [5, 5.41) is 0. The number of hydrogen-bond donors (Lipinski definition) is 0. The lowest BCUT2D eigenvalue weighted by Gasteiger charge is -2.14. The summed E-state index contributed by atoms with van der Waals surface area (Å²) in [7, 11) is -3.12. The molecule has 5 nitrogen and oxygen atoms in total. The molecule has 1 aromatic heterocycles. The number of nitrogens with zero attached hydrogens (tertiary/aromatic N) is 3. The Morgan fingerprint density at radius 2 is 2.25 bits per heavy atom. The van der Waals surface area contributed by atoms with Crippen molar-refractivity contribution in [1.82, 2.24) is 14.3 Å². The van der Waals surface area contributed by atoms with E-state index in [1.807, 2.05) is 6.92 Å². The van der Waals surface area contributed by atoms with Gasteiger partial charge in [0.2, 0.25) is 10.0 Å². The largest absolute Gasteiger partial charge is 0.244 e. The van der Waals surface area contributed by atoms with Gasteiger partial charge in [0.1, 0.15) is 6.33 Å². The quantitative estimate of drug-likeness (QED) is 0.786. The Balaban J connectivity index is 2.11. The zero-order valence-corrected chi connectivity index (χ0v) is 10.1. The number of unbranched alkanes of at least 4 members (excludes halogenated alkanes) is 1. The van der Waals surface area contributed by atoms with Gasteiger partial charge in [-0.05, 0) is 6.42 Å². The monoisotopic (exact) mass is 241 g/mol. The standard InChI is InChI=1S/C10H15N3O2S/c1-2-3-4-16(14,15)13-6-9-5-11-8-12-10(9)7-13/h5,8H,2-4,6-7H2,1H3. The molecule has 1 aliphatic rings. The molecule has 0 saturated carbocycles. The summed E-state index contributed by atoms with van der Waals surface area (Å²) in [6.07, 6.45) is 4.75. The van der Waals surface area contributed by atoms with Crippen molar-refractivity contribution in [3.05, 3.63) is 23.8 Å². The van der Waals surface area contributed by atoms with Crippen molar-refractivity contribution in [3.8, 4) is 0 Å². The van der Waals surface area contributed by atoms with Crippen molar-refractivity contribution in [2.45, 2.75) is 32.9 Å². The molecule has 2 rings (SSSR count). The summed E-state index contributed by atoms with van der Waals surface area (Å²) in [5.74, 6) is 0.227. The molecular weight excluding hydrogens is 226 g/mol. The highest BCUT2D eigenvalue weighted by Crippen LogP contribution is 2.22. The molecule has 0 N–H and O–H groups in total. The Labute approximate surface area is 95.6 Å². The maximum absolute atomic E-state index is 11.9. The van der Waals surface area contributed by atoms with Gasteiger partial charge in [-0.1, -0.05) is 13.3 Å². The van der Waals surface area contributed by atoms with Crippen LogP contribution in [0.1, 0.15) is 31.0 Å². The summed E-state index contributed by atoms with van der Waals surface area (Å²) in [5.41, 5.74) is 1.75. The predicted molar refractivity (Wildman–Crippen MR) is 60.0 cm³/mol. The highest BCUT2D eigenvalue weighted by molar-refractivity contribution is 7.89. The molecule has 0 aliphatic carbocycles. The number of rotatable bonds is 4. The average molecular weight is 241 g/mol. The second kappa shape index (κ2) is 4.47. The fourth-order valence-corrected chi connectivity index (χ4v) is 3.29. The summed E-state index contributed by atoms with van der Waals surface area (Å²) in [6.45, 7) is 2.80. The molecule has 1 aliphatic heterocycles. The minimum absolute atomic E-state index is 0.227. The third-order valence-corrected chi connectivity index (χ3v) is 4.55. The average Bonchev–Trinajstić information content (AvgIpc) is 2.71. The van der Waals surface area contributed by atoms with E-state index >= 15 is 0 Å². The lowest BCUT2D eigenvalue weighted by Crippen LogP contribution is -2.28. The van der Waals surface area contributed by atoms with E-state index in [1.54, 1.807) is 6.20 Å². The molecule has 0 aromatic carbocycles. The van der Waals surface area contributed by atoms with Crippen LogP contribution < -0.4 is 0 Å². The van der Waals surface area contributed by atoms with Crippen LogP contribution in [0.2, 0.25) is 0 Å². The van der Waals surface area contributed by atoms with E-state index in [0.29, 0.717) is 19.5 Å². The van der Waals surface area contributed by atoms with E-state index in [2.05, 4.69) is 9.97 Å². The van der Waals surface area contributed by atoms with E-state index in [1.165, 1.54) is 10.6 Å². The lowest BCUT2D eigenvalue weighted by atomic mass is 10.3. The van der Waals surface area contributed by atoms with Gasteiger partial charge in [-0.2, -0.15) is 4.31 Å². The topological polar surface area (TPSA) is 63.2 Å². The van der Waals surface area contributed by atoms with Crippen LogP contribution in [0, 0.1) is 0 Å². The second-order valence-electron chi connectivity index (χ2n) is 3.93. The zero-order chi connectivity index (χ0) is 11.6. The molecular formula is C10H15N3O2S. The summed E-state index contributed by atoms with van der Waals surface area (Å²) >= 11 is 0. The van der Waals surface area contributed by atoms with Gasteiger partial charge in [0.15, 0.2) is 0 Å². The molecule has 0 atom stereocenters. The Kier molecular flexibility index (Phi) is 3.20. The van der Waals surface area contributed by atoms with Gasteiger partial charge < -0.3 is 0 Å². The SMILES string of the molecule is CCCCS(=O)(=O)N1Cc2cncnc2C1. The van der Waals surface area contributed by atoms with Crippen molar-refractivity contribution in [2.75, 3.05) is 5.75 Å². The fourth-order valence-electron chi connectivity index (χ4n) is 1.72. The van der Waals surface area contributed by atoms with Crippen LogP contribution in [0.15, 0.2) is 12.5 Å². The molecule has 0 bridgehead atoms. The van der Waals surface area contributed by atoms with Gasteiger partial charge in [-0.15, -0.1) is 0 Å². The minimum atomic E-state index is -3.12. The molecule has 0 amide bonds. The van der Waals surface area contributed by atoms with Crippen molar-refractivity contribution in [1.29, 1.82) is 0 Å².